The van der Waals surface area contributed by atoms with E-state index in [9.17, 15) is 18.4 Å². The van der Waals surface area contributed by atoms with Gasteiger partial charge in [-0.25, -0.2) is 8.78 Å². The Morgan fingerprint density at radius 3 is 2.45 bits per heavy atom. The molecule has 2 aromatic carbocycles. The van der Waals surface area contributed by atoms with Gasteiger partial charge in [-0.2, -0.15) is 0 Å². The molecule has 2 saturated carbocycles. The van der Waals surface area contributed by atoms with Crippen LogP contribution in [0.1, 0.15) is 63.9 Å². The number of hydrogen-bond donors (Lipinski definition) is 1. The van der Waals surface area contributed by atoms with E-state index in [1.54, 1.807) is 13.1 Å². The number of rotatable bonds is 5. The predicted molar refractivity (Wildman–Crippen MR) is 112 cm³/mol. The summed E-state index contributed by atoms with van der Waals surface area (Å²) in [6, 6.07) is 13.3. The molecule has 2 aliphatic carbocycles. The maximum atomic E-state index is 13.5. The largest absolute Gasteiger partial charge is 0.489 e. The second-order valence-corrected chi connectivity index (χ2v) is 9.12. The number of ether oxygens (including phenoxy) is 1. The van der Waals surface area contributed by atoms with Crippen molar-refractivity contribution in [3.63, 3.8) is 0 Å². The first-order valence-corrected chi connectivity index (χ1v) is 10.8. The maximum Gasteiger partial charge on any atom is 0.254 e. The van der Waals surface area contributed by atoms with Crippen molar-refractivity contribution < 1.29 is 23.1 Å². The molecule has 0 bridgehead atoms. The van der Waals surface area contributed by atoms with Crippen molar-refractivity contribution in [1.29, 1.82) is 0 Å². The number of halogens is 2. The third-order valence-corrected chi connectivity index (χ3v) is 7.18. The molecule has 1 N–H and O–H groups in total. The summed E-state index contributed by atoms with van der Waals surface area (Å²) in [6.45, 7) is 1.96. The molecule has 162 valence electrons. The fourth-order valence-corrected chi connectivity index (χ4v) is 5.63. The highest BCUT2D eigenvalue weighted by atomic mass is 19.3. The van der Waals surface area contributed by atoms with E-state index in [0.29, 0.717) is 16.9 Å². The van der Waals surface area contributed by atoms with E-state index in [0.717, 1.165) is 11.1 Å². The number of fused-ring (bicyclic) bond motifs is 2. The number of nitrogens with one attached hydrogen (secondary N) is 1. The second-order valence-electron chi connectivity index (χ2n) is 9.12. The molecule has 0 aromatic heterocycles. The van der Waals surface area contributed by atoms with Gasteiger partial charge in [0.25, 0.3) is 5.91 Å². The summed E-state index contributed by atoms with van der Waals surface area (Å²) < 4.78 is 33.1. The Bertz CT molecular complexity index is 1040. The molecular formula is C25H25F2NO3. The number of carbonyl (C=O) groups is 2. The number of benzene rings is 2. The van der Waals surface area contributed by atoms with Gasteiger partial charge in [-0.05, 0) is 42.4 Å². The van der Waals surface area contributed by atoms with Gasteiger partial charge in [-0.1, -0.05) is 30.3 Å². The molecule has 2 fully saturated rings. The lowest BCUT2D eigenvalue weighted by Gasteiger charge is -2.15. The van der Waals surface area contributed by atoms with Crippen LogP contribution in [0.4, 0.5) is 8.78 Å². The maximum absolute atomic E-state index is 13.5. The molecule has 0 radical (unpaired) electrons. The Balaban J connectivity index is 1.47. The third kappa shape index (κ3) is 3.42. The van der Waals surface area contributed by atoms with Crippen molar-refractivity contribution in [2.45, 2.75) is 44.1 Å². The summed E-state index contributed by atoms with van der Waals surface area (Å²) >= 11 is 0. The van der Waals surface area contributed by atoms with Crippen LogP contribution in [0.3, 0.4) is 0 Å². The zero-order valence-corrected chi connectivity index (χ0v) is 17.5. The van der Waals surface area contributed by atoms with Crippen LogP contribution in [0.25, 0.3) is 0 Å². The molecule has 1 aliphatic heterocycles. The van der Waals surface area contributed by atoms with E-state index in [4.69, 9.17) is 4.74 Å². The van der Waals surface area contributed by atoms with Gasteiger partial charge < -0.3 is 10.1 Å². The van der Waals surface area contributed by atoms with Crippen molar-refractivity contribution in [2.75, 3.05) is 7.05 Å². The molecule has 0 spiro atoms. The quantitative estimate of drug-likeness (QED) is 0.699. The number of Topliss-reactive ketones (excluding diaryl/α,β-unsaturated/α-hetero) is 1. The van der Waals surface area contributed by atoms with Crippen molar-refractivity contribution in [1.82, 2.24) is 5.32 Å². The lowest BCUT2D eigenvalue weighted by molar-refractivity contribution is -0.00847. The molecule has 5 atom stereocenters. The van der Waals surface area contributed by atoms with Crippen LogP contribution in [0.5, 0.6) is 5.75 Å². The van der Waals surface area contributed by atoms with E-state index in [1.165, 1.54) is 0 Å². The molecule has 6 heteroatoms. The van der Waals surface area contributed by atoms with Crippen molar-refractivity contribution >= 4 is 11.7 Å². The summed E-state index contributed by atoms with van der Waals surface area (Å²) in [4.78, 5) is 25.7. The first-order chi connectivity index (χ1) is 14.8. The van der Waals surface area contributed by atoms with Gasteiger partial charge in [-0.3, -0.25) is 9.59 Å². The Hall–Kier alpha value is -2.76. The molecule has 5 rings (SSSR count). The van der Waals surface area contributed by atoms with Gasteiger partial charge in [0, 0.05) is 43.4 Å². The van der Waals surface area contributed by atoms with Gasteiger partial charge in [0.05, 0.1) is 5.56 Å². The fraction of sp³-hybridized carbons (Fsp3) is 0.440. The third-order valence-electron chi connectivity index (χ3n) is 7.18. The summed E-state index contributed by atoms with van der Waals surface area (Å²) in [7, 11) is 1.54. The van der Waals surface area contributed by atoms with Crippen molar-refractivity contribution in [3.8, 4) is 5.75 Å². The van der Waals surface area contributed by atoms with Crippen LogP contribution in [-0.2, 0) is 0 Å². The van der Waals surface area contributed by atoms with Crippen LogP contribution in [-0.4, -0.2) is 30.8 Å². The van der Waals surface area contributed by atoms with Crippen LogP contribution in [0, 0.1) is 17.8 Å². The first kappa shape index (κ1) is 20.2. The second kappa shape index (κ2) is 7.14. The zero-order valence-electron chi connectivity index (χ0n) is 17.5. The Labute approximate surface area is 180 Å². The number of carbonyl (C=O) groups excluding carboxylic acids is 2. The summed E-state index contributed by atoms with van der Waals surface area (Å²) in [6.07, 6.45) is -0.143. The Kier molecular flexibility index (Phi) is 4.65. The molecule has 0 saturated heterocycles. The highest BCUT2D eigenvalue weighted by Gasteiger charge is 2.62. The van der Waals surface area contributed by atoms with Crippen LogP contribution in [0.15, 0.2) is 42.5 Å². The number of hydrogen-bond acceptors (Lipinski definition) is 3. The topological polar surface area (TPSA) is 55.4 Å². The zero-order chi connectivity index (χ0) is 21.9. The molecule has 1 amide bonds. The molecule has 3 aliphatic rings. The smallest absolute Gasteiger partial charge is 0.254 e. The Morgan fingerprint density at radius 2 is 1.81 bits per heavy atom. The summed E-state index contributed by atoms with van der Waals surface area (Å²) in [5, 5.41) is 2.63. The van der Waals surface area contributed by atoms with Gasteiger partial charge in [0.15, 0.2) is 5.78 Å². The number of ketones is 1. The molecule has 1 heterocycles. The molecule has 2 aromatic rings. The lowest BCUT2D eigenvalue weighted by atomic mass is 9.86. The first-order valence-electron chi connectivity index (χ1n) is 10.8. The van der Waals surface area contributed by atoms with Crippen LogP contribution < -0.4 is 10.1 Å². The minimum absolute atomic E-state index is 0.0314. The van der Waals surface area contributed by atoms with Crippen molar-refractivity contribution in [3.05, 3.63) is 64.7 Å². The van der Waals surface area contributed by atoms with E-state index in [1.807, 2.05) is 43.3 Å². The van der Waals surface area contributed by atoms with E-state index in [-0.39, 0.29) is 60.7 Å². The highest BCUT2D eigenvalue weighted by Crippen LogP contribution is 2.64. The van der Waals surface area contributed by atoms with Crippen LogP contribution >= 0.6 is 0 Å². The summed E-state index contributed by atoms with van der Waals surface area (Å²) in [5.74, 6) is -2.63. The SMILES string of the molecule is CNC(=O)c1cc(C(=O)CC2[C@H]3CC(F)(F)C[C@@H]23)cc2c1O[C@H](C)[C@H]2c1ccccc1. The summed E-state index contributed by atoms with van der Waals surface area (Å²) in [5.41, 5.74) is 2.68. The average Bonchev–Trinajstić information content (AvgIpc) is 3.08. The molecule has 1 unspecified atom stereocenters. The van der Waals surface area contributed by atoms with E-state index in [2.05, 4.69) is 5.32 Å². The minimum Gasteiger partial charge on any atom is -0.489 e. The lowest BCUT2D eigenvalue weighted by Crippen LogP contribution is -2.20. The predicted octanol–water partition coefficient (Wildman–Crippen LogP) is 4.82. The molecule has 4 nitrogen and oxygen atoms in total. The van der Waals surface area contributed by atoms with Gasteiger partial charge in [-0.15, -0.1) is 0 Å². The molecule has 31 heavy (non-hydrogen) atoms. The Morgan fingerprint density at radius 1 is 1.13 bits per heavy atom. The van der Waals surface area contributed by atoms with E-state index >= 15 is 0 Å². The van der Waals surface area contributed by atoms with E-state index < -0.39 is 5.92 Å². The van der Waals surface area contributed by atoms with Gasteiger partial charge in [0.2, 0.25) is 5.92 Å². The van der Waals surface area contributed by atoms with Gasteiger partial charge in [0.1, 0.15) is 11.9 Å². The van der Waals surface area contributed by atoms with Gasteiger partial charge >= 0.3 is 0 Å². The minimum atomic E-state index is -2.58. The molecular weight excluding hydrogens is 400 g/mol. The standard InChI is InChI=1S/C25H25F2NO3/c1-13-22(14-6-4-3-5-7-14)17-8-15(9-18(23(17)31-13)24(30)28-2)21(29)10-16-19-11-25(26,27)12-20(16)19/h3-9,13,16,19-20,22H,10-12H2,1-2H3,(H,28,30)/t13-,16?,19-,20+,22+/m1/s1. The highest BCUT2D eigenvalue weighted by molar-refractivity contribution is 6.03. The fourth-order valence-electron chi connectivity index (χ4n) is 5.63. The van der Waals surface area contributed by atoms with Crippen molar-refractivity contribution in [2.24, 2.45) is 17.8 Å². The van der Waals surface area contributed by atoms with Crippen LogP contribution in [0.2, 0.25) is 0 Å². The monoisotopic (exact) mass is 425 g/mol. The normalized spacial score (nSPS) is 29.6. The number of amides is 1. The average molecular weight is 425 g/mol. The number of alkyl halides is 2.